The van der Waals surface area contributed by atoms with Gasteiger partial charge in [-0.25, -0.2) is 10.8 Å². The van der Waals surface area contributed by atoms with E-state index in [9.17, 15) is 13.2 Å². The summed E-state index contributed by atoms with van der Waals surface area (Å²) in [4.78, 5) is 7.89. The normalized spacial score (nSPS) is 11.4. The van der Waals surface area contributed by atoms with Gasteiger partial charge in [-0.2, -0.15) is 18.2 Å². The first kappa shape index (κ1) is 15.4. The van der Waals surface area contributed by atoms with Crippen molar-refractivity contribution in [1.82, 2.24) is 9.97 Å². The number of hydrogen-bond donors (Lipinski definition) is 2. The molecule has 0 saturated heterocycles. The highest BCUT2D eigenvalue weighted by atomic mass is 19.4. The molecule has 1 heterocycles. The van der Waals surface area contributed by atoms with E-state index in [-0.39, 0.29) is 24.1 Å². The molecule has 3 N–H and O–H groups in total. The highest BCUT2D eigenvalue weighted by Gasteiger charge is 2.27. The van der Waals surface area contributed by atoms with E-state index in [1.165, 1.54) is 6.07 Å². The SMILES string of the molecule is CCOCc1nc(NN)cc(OCCC(F)(F)F)n1. The summed E-state index contributed by atoms with van der Waals surface area (Å²) in [5.41, 5.74) is 2.28. The molecule has 19 heavy (non-hydrogen) atoms. The van der Waals surface area contributed by atoms with Crippen molar-refractivity contribution < 1.29 is 22.6 Å². The van der Waals surface area contributed by atoms with Crippen molar-refractivity contribution in [2.45, 2.75) is 26.1 Å². The van der Waals surface area contributed by atoms with Crippen LogP contribution in [0.5, 0.6) is 5.88 Å². The number of ether oxygens (including phenoxy) is 2. The Morgan fingerprint density at radius 1 is 1.37 bits per heavy atom. The molecule has 0 aliphatic heterocycles. The minimum absolute atomic E-state index is 0.0157. The second-order valence-corrected chi connectivity index (χ2v) is 3.50. The molecule has 0 saturated carbocycles. The van der Waals surface area contributed by atoms with Crippen molar-refractivity contribution in [3.05, 3.63) is 11.9 Å². The summed E-state index contributed by atoms with van der Waals surface area (Å²) >= 11 is 0. The molecule has 1 rings (SSSR count). The summed E-state index contributed by atoms with van der Waals surface area (Å²) in [5.74, 6) is 5.73. The summed E-state index contributed by atoms with van der Waals surface area (Å²) in [5, 5.41) is 0. The van der Waals surface area contributed by atoms with E-state index in [1.807, 2.05) is 0 Å². The standard InChI is InChI=1S/C10H15F3N4O2/c1-2-18-6-8-15-7(17-14)5-9(16-8)19-4-3-10(11,12)13/h5H,2-4,6,14H2,1H3,(H,15,16,17). The zero-order valence-corrected chi connectivity index (χ0v) is 10.3. The molecule has 1 aromatic rings. The molecule has 0 bridgehead atoms. The number of halogens is 3. The Hall–Kier alpha value is -1.61. The Labute approximate surface area is 108 Å². The maximum absolute atomic E-state index is 12.0. The average molecular weight is 280 g/mol. The van der Waals surface area contributed by atoms with Crippen LogP contribution in [0.3, 0.4) is 0 Å². The van der Waals surface area contributed by atoms with Gasteiger partial charge in [0.05, 0.1) is 13.0 Å². The van der Waals surface area contributed by atoms with Crippen molar-refractivity contribution in [3.8, 4) is 5.88 Å². The molecule has 108 valence electrons. The fourth-order valence-corrected chi connectivity index (χ4v) is 1.15. The summed E-state index contributed by atoms with van der Waals surface area (Å²) < 4.78 is 46.0. The minimum atomic E-state index is -4.27. The highest BCUT2D eigenvalue weighted by Crippen LogP contribution is 2.20. The fourth-order valence-electron chi connectivity index (χ4n) is 1.15. The van der Waals surface area contributed by atoms with Crippen LogP contribution in [0.15, 0.2) is 6.07 Å². The predicted molar refractivity (Wildman–Crippen MR) is 61.3 cm³/mol. The van der Waals surface area contributed by atoms with Crippen molar-refractivity contribution >= 4 is 5.82 Å². The number of nitrogens with one attached hydrogen (secondary N) is 1. The molecule has 6 nitrogen and oxygen atoms in total. The quantitative estimate of drug-likeness (QED) is 0.583. The maximum atomic E-state index is 12.0. The van der Waals surface area contributed by atoms with Crippen LogP contribution in [0.1, 0.15) is 19.2 Å². The molecule has 0 radical (unpaired) electrons. The molecule has 0 aliphatic carbocycles. The summed E-state index contributed by atoms with van der Waals surface area (Å²) in [6.07, 6.45) is -5.32. The minimum Gasteiger partial charge on any atom is -0.477 e. The van der Waals surface area contributed by atoms with Crippen LogP contribution in [0.25, 0.3) is 0 Å². The lowest BCUT2D eigenvalue weighted by molar-refractivity contribution is -0.139. The zero-order valence-electron chi connectivity index (χ0n) is 10.3. The van der Waals surface area contributed by atoms with Crippen molar-refractivity contribution in [3.63, 3.8) is 0 Å². The Morgan fingerprint density at radius 3 is 2.68 bits per heavy atom. The van der Waals surface area contributed by atoms with Gasteiger partial charge in [0.25, 0.3) is 0 Å². The third-order valence-electron chi connectivity index (χ3n) is 1.97. The highest BCUT2D eigenvalue weighted by molar-refractivity contribution is 5.36. The van der Waals surface area contributed by atoms with E-state index in [4.69, 9.17) is 15.3 Å². The number of alkyl halides is 3. The van der Waals surface area contributed by atoms with Crippen LogP contribution in [-0.4, -0.2) is 29.4 Å². The molecular formula is C10H15F3N4O2. The average Bonchev–Trinajstić information content (AvgIpc) is 2.34. The number of nitrogens with two attached hydrogens (primary N) is 1. The number of hydrogen-bond acceptors (Lipinski definition) is 6. The predicted octanol–water partition coefficient (Wildman–Crippen LogP) is 1.63. The van der Waals surface area contributed by atoms with Gasteiger partial charge in [-0.05, 0) is 6.92 Å². The Balaban J connectivity index is 2.65. The summed E-state index contributed by atoms with van der Waals surface area (Å²) in [6.45, 7) is 1.87. The van der Waals surface area contributed by atoms with Crippen molar-refractivity contribution in [2.24, 2.45) is 5.84 Å². The van der Waals surface area contributed by atoms with Gasteiger partial charge < -0.3 is 14.9 Å². The van der Waals surface area contributed by atoms with E-state index in [1.54, 1.807) is 6.92 Å². The molecule has 1 aromatic heterocycles. The first-order chi connectivity index (χ1) is 8.94. The van der Waals surface area contributed by atoms with E-state index in [2.05, 4.69) is 15.4 Å². The second-order valence-electron chi connectivity index (χ2n) is 3.50. The van der Waals surface area contributed by atoms with Crippen LogP contribution in [-0.2, 0) is 11.3 Å². The molecule has 9 heteroatoms. The van der Waals surface area contributed by atoms with Crippen molar-refractivity contribution in [1.29, 1.82) is 0 Å². The number of anilines is 1. The number of nitrogen functional groups attached to an aromatic ring is 1. The van der Waals surface area contributed by atoms with E-state index >= 15 is 0 Å². The van der Waals surface area contributed by atoms with Gasteiger partial charge in [0, 0.05) is 12.7 Å². The summed E-state index contributed by atoms with van der Waals surface area (Å²) in [7, 11) is 0. The molecule has 0 atom stereocenters. The molecule has 0 aromatic carbocycles. The molecule has 0 unspecified atom stereocenters. The Kier molecular flexibility index (Phi) is 5.77. The number of hydrazine groups is 1. The Bertz CT molecular complexity index is 401. The molecular weight excluding hydrogens is 265 g/mol. The van der Waals surface area contributed by atoms with Crippen molar-refractivity contribution in [2.75, 3.05) is 18.6 Å². The van der Waals surface area contributed by atoms with Crippen LogP contribution in [0, 0.1) is 0 Å². The smallest absolute Gasteiger partial charge is 0.392 e. The third kappa shape index (κ3) is 6.20. The van der Waals surface area contributed by atoms with Gasteiger partial charge in [-0.15, -0.1) is 0 Å². The van der Waals surface area contributed by atoms with Crippen LogP contribution >= 0.6 is 0 Å². The van der Waals surface area contributed by atoms with Crippen LogP contribution < -0.4 is 16.0 Å². The maximum Gasteiger partial charge on any atom is 0.392 e. The van der Waals surface area contributed by atoms with Gasteiger partial charge in [-0.1, -0.05) is 0 Å². The lowest BCUT2D eigenvalue weighted by Crippen LogP contribution is -2.15. The largest absolute Gasteiger partial charge is 0.477 e. The lowest BCUT2D eigenvalue weighted by atomic mass is 10.4. The second kappa shape index (κ2) is 7.10. The number of aromatic nitrogens is 2. The first-order valence-electron chi connectivity index (χ1n) is 5.56. The third-order valence-corrected chi connectivity index (χ3v) is 1.97. The Morgan fingerprint density at radius 2 is 2.11 bits per heavy atom. The molecule has 0 fully saturated rings. The van der Waals surface area contributed by atoms with Gasteiger partial charge in [0.1, 0.15) is 12.4 Å². The molecule has 0 aliphatic rings. The van der Waals surface area contributed by atoms with Gasteiger partial charge in [-0.3, -0.25) is 0 Å². The first-order valence-corrected chi connectivity index (χ1v) is 5.56. The topological polar surface area (TPSA) is 82.3 Å². The lowest BCUT2D eigenvalue weighted by Gasteiger charge is -2.10. The monoisotopic (exact) mass is 280 g/mol. The van der Waals surface area contributed by atoms with Gasteiger partial charge >= 0.3 is 6.18 Å². The van der Waals surface area contributed by atoms with Gasteiger partial charge in [0.15, 0.2) is 5.82 Å². The van der Waals surface area contributed by atoms with Crippen LogP contribution in [0.4, 0.5) is 19.0 Å². The van der Waals surface area contributed by atoms with E-state index < -0.39 is 19.2 Å². The van der Waals surface area contributed by atoms with E-state index in [0.717, 1.165) is 0 Å². The molecule has 0 spiro atoms. The van der Waals surface area contributed by atoms with Crippen LogP contribution in [0.2, 0.25) is 0 Å². The number of nitrogens with zero attached hydrogens (tertiary/aromatic N) is 2. The van der Waals surface area contributed by atoms with Gasteiger partial charge in [0.2, 0.25) is 5.88 Å². The zero-order chi connectivity index (χ0) is 14.3. The molecule has 0 amide bonds. The van der Waals surface area contributed by atoms with E-state index in [0.29, 0.717) is 6.61 Å². The number of rotatable bonds is 7. The summed E-state index contributed by atoms with van der Waals surface area (Å²) in [6, 6.07) is 1.31. The fraction of sp³-hybridized carbons (Fsp3) is 0.600.